The number of aromatic amines is 1. The maximum absolute atomic E-state index is 12.5. The third kappa shape index (κ3) is 3.52. The van der Waals surface area contributed by atoms with Crippen LogP contribution in [0.15, 0.2) is 35.3 Å². The topological polar surface area (TPSA) is 110 Å². The smallest absolute Gasteiger partial charge is 0.261 e. The van der Waals surface area contributed by atoms with Crippen LogP contribution in [0.2, 0.25) is 0 Å². The molecule has 2 heterocycles. The molecule has 1 aromatic heterocycles. The van der Waals surface area contributed by atoms with E-state index in [9.17, 15) is 9.59 Å². The van der Waals surface area contributed by atoms with Gasteiger partial charge in [0.15, 0.2) is 0 Å². The van der Waals surface area contributed by atoms with Gasteiger partial charge in [-0.25, -0.2) is 0 Å². The summed E-state index contributed by atoms with van der Waals surface area (Å²) in [7, 11) is 0. The summed E-state index contributed by atoms with van der Waals surface area (Å²) < 4.78 is 0. The first-order valence-electron chi connectivity index (χ1n) is 9.82. The number of carbonyl (C=O) groups is 1. The monoisotopic (exact) mass is 379 g/mol. The Morgan fingerprint density at radius 2 is 1.93 bits per heavy atom. The first kappa shape index (κ1) is 18.3. The van der Waals surface area contributed by atoms with E-state index in [2.05, 4.69) is 20.9 Å². The molecule has 0 saturated heterocycles. The molecule has 2 aromatic rings. The molecule has 1 fully saturated rings. The van der Waals surface area contributed by atoms with E-state index in [0.29, 0.717) is 23.0 Å². The van der Waals surface area contributed by atoms with Crippen molar-refractivity contribution in [2.24, 2.45) is 0 Å². The Morgan fingerprint density at radius 3 is 2.71 bits per heavy atom. The SMILES string of the molecule is CC1C(=O)Nc2cc(NC(=N)c3c(NC4CCCCC4)cc[nH]c3=O)ccc21. The summed E-state index contributed by atoms with van der Waals surface area (Å²) in [6.45, 7) is 1.86. The van der Waals surface area contributed by atoms with Gasteiger partial charge in [0.1, 0.15) is 11.4 Å². The number of nitrogens with one attached hydrogen (secondary N) is 5. The van der Waals surface area contributed by atoms with E-state index < -0.39 is 0 Å². The Morgan fingerprint density at radius 1 is 1.14 bits per heavy atom. The molecule has 1 aliphatic carbocycles. The highest BCUT2D eigenvalue weighted by molar-refractivity contribution is 6.10. The van der Waals surface area contributed by atoms with Crippen LogP contribution in [-0.4, -0.2) is 22.8 Å². The lowest BCUT2D eigenvalue weighted by atomic mass is 9.95. The van der Waals surface area contributed by atoms with E-state index in [1.807, 2.05) is 25.1 Å². The fourth-order valence-electron chi connectivity index (χ4n) is 4.02. The first-order chi connectivity index (χ1) is 13.5. The van der Waals surface area contributed by atoms with Gasteiger partial charge in [-0.3, -0.25) is 15.0 Å². The number of anilines is 3. The van der Waals surface area contributed by atoms with E-state index in [4.69, 9.17) is 5.41 Å². The van der Waals surface area contributed by atoms with Crippen LogP contribution in [0.1, 0.15) is 56.1 Å². The minimum Gasteiger partial charge on any atom is -0.382 e. The quantitative estimate of drug-likeness (QED) is 0.413. The van der Waals surface area contributed by atoms with Crippen LogP contribution in [0.25, 0.3) is 0 Å². The molecule has 7 heteroatoms. The highest BCUT2D eigenvalue weighted by Gasteiger charge is 2.26. The van der Waals surface area contributed by atoms with Crippen molar-refractivity contribution in [3.63, 3.8) is 0 Å². The average molecular weight is 379 g/mol. The number of carbonyl (C=O) groups excluding carboxylic acids is 1. The van der Waals surface area contributed by atoms with Crippen molar-refractivity contribution in [3.05, 3.63) is 51.9 Å². The van der Waals surface area contributed by atoms with Crippen molar-refractivity contribution in [2.45, 2.75) is 51.0 Å². The lowest BCUT2D eigenvalue weighted by Gasteiger charge is -2.25. The summed E-state index contributed by atoms with van der Waals surface area (Å²) >= 11 is 0. The predicted molar refractivity (Wildman–Crippen MR) is 111 cm³/mol. The Labute approximate surface area is 163 Å². The highest BCUT2D eigenvalue weighted by atomic mass is 16.2. The van der Waals surface area contributed by atoms with E-state index >= 15 is 0 Å². The average Bonchev–Trinajstić information content (AvgIpc) is 2.96. The number of H-pyrrole nitrogens is 1. The van der Waals surface area contributed by atoms with Crippen LogP contribution >= 0.6 is 0 Å². The third-order valence-corrected chi connectivity index (χ3v) is 5.62. The van der Waals surface area contributed by atoms with Crippen LogP contribution < -0.4 is 21.5 Å². The van der Waals surface area contributed by atoms with Gasteiger partial charge in [-0.2, -0.15) is 0 Å². The number of amides is 1. The molecular weight excluding hydrogens is 354 g/mol. The zero-order chi connectivity index (χ0) is 19.7. The number of fused-ring (bicyclic) bond motifs is 1. The number of hydrogen-bond donors (Lipinski definition) is 5. The second-order valence-corrected chi connectivity index (χ2v) is 7.59. The van der Waals surface area contributed by atoms with E-state index in [1.54, 1.807) is 12.3 Å². The van der Waals surface area contributed by atoms with Crippen molar-refractivity contribution in [3.8, 4) is 0 Å². The summed E-state index contributed by atoms with van der Waals surface area (Å²) in [5.74, 6) is -0.176. The Bertz CT molecular complexity index is 975. The van der Waals surface area contributed by atoms with Crippen LogP contribution in [0.5, 0.6) is 0 Å². The number of rotatable bonds is 4. The van der Waals surface area contributed by atoms with Gasteiger partial charge in [0.25, 0.3) is 5.56 Å². The lowest BCUT2D eigenvalue weighted by molar-refractivity contribution is -0.116. The summed E-state index contributed by atoms with van der Waals surface area (Å²) in [4.78, 5) is 27.0. The molecule has 1 unspecified atom stereocenters. The molecule has 0 radical (unpaired) electrons. The van der Waals surface area contributed by atoms with Gasteiger partial charge in [-0.1, -0.05) is 25.3 Å². The van der Waals surface area contributed by atoms with E-state index in [0.717, 1.165) is 24.1 Å². The molecule has 7 nitrogen and oxygen atoms in total. The lowest BCUT2D eigenvalue weighted by Crippen LogP contribution is -2.29. The molecule has 1 atom stereocenters. The minimum absolute atomic E-state index is 0.0254. The number of pyridine rings is 1. The second-order valence-electron chi connectivity index (χ2n) is 7.59. The van der Waals surface area contributed by atoms with Crippen molar-refractivity contribution in [1.29, 1.82) is 5.41 Å². The van der Waals surface area contributed by atoms with Gasteiger partial charge in [-0.15, -0.1) is 0 Å². The van der Waals surface area contributed by atoms with Gasteiger partial charge >= 0.3 is 0 Å². The maximum atomic E-state index is 12.5. The molecule has 1 saturated carbocycles. The summed E-state index contributed by atoms with van der Waals surface area (Å²) in [5, 5.41) is 17.8. The van der Waals surface area contributed by atoms with Crippen LogP contribution in [0, 0.1) is 5.41 Å². The Hall–Kier alpha value is -3.09. The fraction of sp³-hybridized carbons (Fsp3) is 0.381. The van der Waals surface area contributed by atoms with Gasteiger partial charge in [0, 0.05) is 23.6 Å². The largest absolute Gasteiger partial charge is 0.382 e. The summed E-state index contributed by atoms with van der Waals surface area (Å²) in [6, 6.07) is 7.65. The Balaban J connectivity index is 1.56. The molecule has 1 aliphatic heterocycles. The zero-order valence-corrected chi connectivity index (χ0v) is 15.9. The normalized spacial score (nSPS) is 19.0. The standard InChI is InChI=1S/C21H25N5O2/c1-12-15-8-7-14(11-17(15)26-20(12)27)25-19(22)18-16(9-10-23-21(18)28)24-13-5-3-2-4-6-13/h7-13H,2-6H2,1H3,(H2,22,25)(H,26,27)(H2,23,24,28). The summed E-state index contributed by atoms with van der Waals surface area (Å²) in [5.41, 5.74) is 3.02. The molecule has 28 heavy (non-hydrogen) atoms. The molecule has 2 aliphatic rings. The van der Waals surface area contributed by atoms with Crippen molar-refractivity contribution in [1.82, 2.24) is 4.98 Å². The highest BCUT2D eigenvalue weighted by Crippen LogP contribution is 2.34. The van der Waals surface area contributed by atoms with Crippen molar-refractivity contribution < 1.29 is 4.79 Å². The second kappa shape index (κ2) is 7.50. The molecular formula is C21H25N5O2. The Kier molecular flexibility index (Phi) is 4.90. The first-order valence-corrected chi connectivity index (χ1v) is 9.82. The number of benzene rings is 1. The van der Waals surface area contributed by atoms with Crippen LogP contribution in [0.4, 0.5) is 17.1 Å². The maximum Gasteiger partial charge on any atom is 0.261 e. The molecule has 4 rings (SSSR count). The fourth-order valence-corrected chi connectivity index (χ4v) is 4.02. The van der Waals surface area contributed by atoms with Crippen molar-refractivity contribution >= 4 is 28.8 Å². The van der Waals surface area contributed by atoms with E-state index in [1.165, 1.54) is 19.3 Å². The number of amidine groups is 1. The van der Waals surface area contributed by atoms with Gasteiger partial charge in [0.2, 0.25) is 5.91 Å². The molecule has 5 N–H and O–H groups in total. The van der Waals surface area contributed by atoms with Crippen LogP contribution in [-0.2, 0) is 4.79 Å². The van der Waals surface area contributed by atoms with E-state index in [-0.39, 0.29) is 23.2 Å². The number of hydrogen-bond acceptors (Lipinski definition) is 4. The zero-order valence-electron chi connectivity index (χ0n) is 15.9. The van der Waals surface area contributed by atoms with Gasteiger partial charge < -0.3 is 20.9 Å². The molecule has 1 amide bonds. The van der Waals surface area contributed by atoms with Crippen LogP contribution in [0.3, 0.4) is 0 Å². The molecule has 0 spiro atoms. The molecule has 1 aromatic carbocycles. The van der Waals surface area contributed by atoms with Crippen molar-refractivity contribution in [2.75, 3.05) is 16.0 Å². The predicted octanol–water partition coefficient (Wildman–Crippen LogP) is 3.61. The summed E-state index contributed by atoms with van der Waals surface area (Å²) in [6.07, 6.45) is 7.39. The minimum atomic E-state index is -0.304. The third-order valence-electron chi connectivity index (χ3n) is 5.62. The number of aromatic nitrogens is 1. The van der Waals surface area contributed by atoms with Gasteiger partial charge in [-0.05, 0) is 43.5 Å². The molecule has 0 bridgehead atoms. The van der Waals surface area contributed by atoms with Gasteiger partial charge in [0.05, 0.1) is 11.6 Å². The molecule has 146 valence electrons.